The van der Waals surface area contributed by atoms with Crippen LogP contribution < -0.4 is 10.2 Å². The maximum atomic E-state index is 12.8. The third kappa shape index (κ3) is 3.39. The van der Waals surface area contributed by atoms with E-state index in [0.29, 0.717) is 6.67 Å². The molecule has 2 N–H and O–H groups in total. The summed E-state index contributed by atoms with van der Waals surface area (Å²) >= 11 is 6.12. The van der Waals surface area contributed by atoms with Gasteiger partial charge >= 0.3 is 0 Å². The molecule has 30 heavy (non-hydrogen) atoms. The predicted octanol–water partition coefficient (Wildman–Crippen LogP) is 3.36. The first kappa shape index (κ1) is 19.9. The minimum Gasteiger partial charge on any atom is -0.388 e. The molecule has 2 fully saturated rings. The SMILES string of the molecule is O=C1NCN(c2ccccc2)C12CCN(CC1CCc3cc(Cl)ccc3C1O)CC2. The number of nitrogens with one attached hydrogen (secondary N) is 1. The highest BCUT2D eigenvalue weighted by molar-refractivity contribution is 6.30. The smallest absolute Gasteiger partial charge is 0.247 e. The first-order chi connectivity index (χ1) is 14.6. The van der Waals surface area contributed by atoms with Gasteiger partial charge in [-0.2, -0.15) is 0 Å². The number of likely N-dealkylation sites (tertiary alicyclic amines) is 1. The highest BCUT2D eigenvalue weighted by Gasteiger charge is 2.50. The van der Waals surface area contributed by atoms with Gasteiger partial charge < -0.3 is 20.2 Å². The number of fused-ring (bicyclic) bond motifs is 1. The van der Waals surface area contributed by atoms with Crippen molar-refractivity contribution in [1.29, 1.82) is 0 Å². The number of hydrogen-bond acceptors (Lipinski definition) is 4. The van der Waals surface area contributed by atoms with Gasteiger partial charge in [-0.1, -0.05) is 35.9 Å². The average molecular weight is 426 g/mol. The summed E-state index contributed by atoms with van der Waals surface area (Å²) in [5.74, 6) is 0.366. The van der Waals surface area contributed by atoms with Gasteiger partial charge in [0.25, 0.3) is 0 Å². The maximum absolute atomic E-state index is 12.8. The minimum absolute atomic E-state index is 0.148. The van der Waals surface area contributed by atoms with Crippen LogP contribution in [0, 0.1) is 5.92 Å². The van der Waals surface area contributed by atoms with Crippen LogP contribution in [0.1, 0.15) is 36.5 Å². The van der Waals surface area contributed by atoms with E-state index < -0.39 is 11.6 Å². The zero-order valence-corrected chi connectivity index (χ0v) is 17.8. The lowest BCUT2D eigenvalue weighted by Crippen LogP contribution is -2.57. The van der Waals surface area contributed by atoms with E-state index >= 15 is 0 Å². The first-order valence-electron chi connectivity index (χ1n) is 10.9. The third-order valence-electron chi connectivity index (χ3n) is 7.24. The highest BCUT2D eigenvalue weighted by atomic mass is 35.5. The minimum atomic E-state index is -0.452. The van der Waals surface area contributed by atoms with Crippen LogP contribution in [0.25, 0.3) is 0 Å². The largest absolute Gasteiger partial charge is 0.388 e. The van der Waals surface area contributed by atoms with Crippen LogP contribution >= 0.6 is 11.6 Å². The van der Waals surface area contributed by atoms with Crippen molar-refractivity contribution in [3.8, 4) is 0 Å². The molecule has 0 saturated carbocycles. The molecular formula is C24H28ClN3O2. The zero-order chi connectivity index (χ0) is 20.7. The van der Waals surface area contributed by atoms with E-state index in [2.05, 4.69) is 27.2 Å². The Morgan fingerprint density at radius 1 is 1.13 bits per heavy atom. The van der Waals surface area contributed by atoms with Crippen LogP contribution in [0.15, 0.2) is 48.5 Å². The number of aliphatic hydroxyl groups excluding tert-OH is 1. The molecule has 1 spiro atoms. The van der Waals surface area contributed by atoms with Gasteiger partial charge in [-0.25, -0.2) is 0 Å². The monoisotopic (exact) mass is 425 g/mol. The number of carbonyl (C=O) groups excluding carboxylic acids is 1. The maximum Gasteiger partial charge on any atom is 0.247 e. The second kappa shape index (κ2) is 7.88. The van der Waals surface area contributed by atoms with Gasteiger partial charge in [-0.15, -0.1) is 0 Å². The van der Waals surface area contributed by atoms with E-state index in [1.165, 1.54) is 5.56 Å². The van der Waals surface area contributed by atoms with Gasteiger partial charge in [0.15, 0.2) is 0 Å². The number of para-hydroxylation sites is 1. The molecular weight excluding hydrogens is 398 g/mol. The molecule has 2 saturated heterocycles. The third-order valence-corrected chi connectivity index (χ3v) is 7.47. The van der Waals surface area contributed by atoms with Crippen molar-refractivity contribution in [3.63, 3.8) is 0 Å². The van der Waals surface area contributed by atoms with Gasteiger partial charge in [0.1, 0.15) is 5.54 Å². The molecule has 2 aliphatic heterocycles. The molecule has 158 valence electrons. The fourth-order valence-electron chi connectivity index (χ4n) is 5.49. The topological polar surface area (TPSA) is 55.8 Å². The molecule has 6 heteroatoms. The normalized spacial score (nSPS) is 25.9. The van der Waals surface area contributed by atoms with Gasteiger partial charge in [-0.05, 0) is 61.1 Å². The van der Waals surface area contributed by atoms with E-state index in [0.717, 1.165) is 61.6 Å². The lowest BCUT2D eigenvalue weighted by molar-refractivity contribution is -0.125. The Morgan fingerprint density at radius 2 is 1.90 bits per heavy atom. The van der Waals surface area contributed by atoms with Crippen molar-refractivity contribution in [2.75, 3.05) is 31.2 Å². The van der Waals surface area contributed by atoms with Crippen molar-refractivity contribution in [2.45, 2.75) is 37.3 Å². The average Bonchev–Trinajstić information content (AvgIpc) is 3.08. The summed E-state index contributed by atoms with van der Waals surface area (Å²) in [5, 5.41) is 14.7. The summed E-state index contributed by atoms with van der Waals surface area (Å²) in [6.45, 7) is 3.18. The number of rotatable bonds is 3. The molecule has 5 nitrogen and oxygen atoms in total. The van der Waals surface area contributed by atoms with Crippen LogP contribution in [0.3, 0.4) is 0 Å². The lowest BCUT2D eigenvalue weighted by atomic mass is 9.80. The number of halogens is 1. The molecule has 3 aliphatic rings. The van der Waals surface area contributed by atoms with Crippen LogP contribution in [0.5, 0.6) is 0 Å². The molecule has 0 aromatic heterocycles. The predicted molar refractivity (Wildman–Crippen MR) is 119 cm³/mol. The molecule has 0 radical (unpaired) electrons. The number of benzene rings is 2. The zero-order valence-electron chi connectivity index (χ0n) is 17.1. The number of nitrogens with zero attached hydrogens (tertiary/aromatic N) is 2. The Labute approximate surface area is 182 Å². The highest BCUT2D eigenvalue weighted by Crippen LogP contribution is 2.39. The second-order valence-corrected chi connectivity index (χ2v) is 9.28. The Balaban J connectivity index is 1.26. The van der Waals surface area contributed by atoms with Crippen LogP contribution in [0.2, 0.25) is 5.02 Å². The van der Waals surface area contributed by atoms with Gasteiger partial charge in [0.2, 0.25) is 5.91 Å². The van der Waals surface area contributed by atoms with Crippen molar-refractivity contribution >= 4 is 23.2 Å². The Morgan fingerprint density at radius 3 is 2.67 bits per heavy atom. The molecule has 1 amide bonds. The number of aryl methyl sites for hydroxylation is 1. The lowest BCUT2D eigenvalue weighted by Gasteiger charge is -2.44. The quantitative estimate of drug-likeness (QED) is 0.791. The number of carbonyl (C=O) groups is 1. The van der Waals surface area contributed by atoms with E-state index in [-0.39, 0.29) is 11.8 Å². The standard InChI is InChI=1S/C24H28ClN3O2/c25-19-8-9-21-17(14-19)6-7-18(22(21)29)15-27-12-10-24(11-13-27)23(30)26-16-28(24)20-4-2-1-3-5-20/h1-5,8-9,14,18,22,29H,6-7,10-13,15-16H2,(H,26,30). The second-order valence-electron chi connectivity index (χ2n) is 8.85. The molecule has 2 unspecified atom stereocenters. The van der Waals surface area contributed by atoms with Gasteiger partial charge in [0.05, 0.1) is 12.8 Å². The number of amides is 1. The van der Waals surface area contributed by atoms with Crippen molar-refractivity contribution in [1.82, 2.24) is 10.2 Å². The molecule has 1 aliphatic carbocycles. The Bertz CT molecular complexity index is 927. The summed E-state index contributed by atoms with van der Waals surface area (Å²) in [6, 6.07) is 16.0. The van der Waals surface area contributed by atoms with Crippen molar-refractivity contribution in [2.24, 2.45) is 5.92 Å². The van der Waals surface area contributed by atoms with Gasteiger partial charge in [-0.3, -0.25) is 4.79 Å². The summed E-state index contributed by atoms with van der Waals surface area (Å²) < 4.78 is 0. The first-order valence-corrected chi connectivity index (χ1v) is 11.2. The van der Waals surface area contributed by atoms with Crippen molar-refractivity contribution < 1.29 is 9.90 Å². The number of hydrogen-bond donors (Lipinski definition) is 2. The Kier molecular flexibility index (Phi) is 5.21. The Hall–Kier alpha value is -2.08. The number of aliphatic hydroxyl groups is 1. The van der Waals surface area contributed by atoms with E-state index in [1.54, 1.807) is 0 Å². The van der Waals surface area contributed by atoms with Crippen LogP contribution in [-0.2, 0) is 11.2 Å². The molecule has 2 aromatic rings. The molecule has 2 heterocycles. The fraction of sp³-hybridized carbons (Fsp3) is 0.458. The van der Waals surface area contributed by atoms with E-state index in [1.807, 2.05) is 36.4 Å². The molecule has 2 atom stereocenters. The van der Waals surface area contributed by atoms with E-state index in [9.17, 15) is 9.90 Å². The fourth-order valence-corrected chi connectivity index (χ4v) is 5.69. The van der Waals surface area contributed by atoms with Gasteiger partial charge in [0, 0.05) is 36.3 Å². The van der Waals surface area contributed by atoms with E-state index in [4.69, 9.17) is 11.6 Å². The summed E-state index contributed by atoms with van der Waals surface area (Å²) in [4.78, 5) is 17.5. The van der Waals surface area contributed by atoms with Crippen LogP contribution in [-0.4, -0.2) is 47.8 Å². The van der Waals surface area contributed by atoms with Crippen LogP contribution in [0.4, 0.5) is 5.69 Å². The molecule has 2 aromatic carbocycles. The molecule has 0 bridgehead atoms. The summed E-state index contributed by atoms with van der Waals surface area (Å²) in [7, 11) is 0. The number of piperidine rings is 1. The summed E-state index contributed by atoms with van der Waals surface area (Å²) in [6.07, 6.45) is 3.09. The summed E-state index contributed by atoms with van der Waals surface area (Å²) in [5.41, 5.74) is 2.84. The van der Waals surface area contributed by atoms with Crippen molar-refractivity contribution in [3.05, 3.63) is 64.7 Å². The number of anilines is 1. The molecule has 5 rings (SSSR count).